The summed E-state index contributed by atoms with van der Waals surface area (Å²) < 4.78 is 10.5. The molecule has 10 heteroatoms. The first-order valence-electron chi connectivity index (χ1n) is 12.9. The summed E-state index contributed by atoms with van der Waals surface area (Å²) in [7, 11) is 1.55. The van der Waals surface area contributed by atoms with E-state index in [0.717, 1.165) is 11.1 Å². The van der Waals surface area contributed by atoms with Crippen molar-refractivity contribution in [1.29, 1.82) is 0 Å². The van der Waals surface area contributed by atoms with Gasteiger partial charge in [0.2, 0.25) is 11.8 Å². The number of hydrogen-bond donors (Lipinski definition) is 3. The number of carbonyl (C=O) groups excluding carboxylic acids is 4. The predicted molar refractivity (Wildman–Crippen MR) is 149 cm³/mol. The zero-order chi connectivity index (χ0) is 29.3. The van der Waals surface area contributed by atoms with Gasteiger partial charge in [-0.15, -0.1) is 0 Å². The van der Waals surface area contributed by atoms with Crippen LogP contribution in [0.25, 0.3) is 0 Å². The number of primary amides is 1. The lowest BCUT2D eigenvalue weighted by atomic mass is 9.96. The van der Waals surface area contributed by atoms with Crippen LogP contribution in [-0.2, 0) is 19.1 Å². The number of rotatable bonds is 11. The molecule has 2 atom stereocenters. The van der Waals surface area contributed by atoms with Crippen molar-refractivity contribution in [2.75, 3.05) is 19.0 Å². The topological polar surface area (TPSA) is 140 Å². The molecule has 4 N–H and O–H groups in total. The number of aryl methyl sites for hydroxylation is 2. The fraction of sp³-hybridized carbons (Fsp3) is 0.448. The molecule has 0 saturated heterocycles. The van der Waals surface area contributed by atoms with E-state index in [0.29, 0.717) is 17.0 Å². The van der Waals surface area contributed by atoms with E-state index in [9.17, 15) is 19.2 Å². The summed E-state index contributed by atoms with van der Waals surface area (Å²) in [6.07, 6.45) is -1.01. The number of likely N-dealkylation sites (N-methyl/N-ethyl adjacent to an activating group) is 1. The number of amides is 4. The number of anilines is 1. The number of nitrogens with two attached hydrogens (primary N) is 1. The molecular formula is C29H40N4O6. The Balaban J connectivity index is 2.49. The van der Waals surface area contributed by atoms with Gasteiger partial charge in [-0.25, -0.2) is 4.79 Å². The first-order chi connectivity index (χ1) is 18.2. The molecule has 0 aliphatic carbocycles. The van der Waals surface area contributed by atoms with Crippen molar-refractivity contribution in [2.24, 2.45) is 5.73 Å². The zero-order valence-electron chi connectivity index (χ0n) is 23.8. The van der Waals surface area contributed by atoms with E-state index < -0.39 is 41.5 Å². The highest BCUT2D eigenvalue weighted by atomic mass is 16.6. The molecule has 0 bridgehead atoms. The van der Waals surface area contributed by atoms with E-state index >= 15 is 0 Å². The number of nitrogens with one attached hydrogen (secondary N) is 2. The Labute approximate surface area is 230 Å². The van der Waals surface area contributed by atoms with E-state index in [1.165, 1.54) is 4.90 Å². The molecule has 2 aromatic carbocycles. The summed E-state index contributed by atoms with van der Waals surface area (Å²) in [5, 5.41) is 5.46. The zero-order valence-corrected chi connectivity index (χ0v) is 23.8. The number of carbonyl (C=O) groups is 4. The fourth-order valence-electron chi connectivity index (χ4n) is 4.13. The number of hydrogen-bond acceptors (Lipinski definition) is 6. The Hall–Kier alpha value is -4.08. The highest BCUT2D eigenvalue weighted by molar-refractivity contribution is 5.99. The minimum Gasteiger partial charge on any atom is -0.497 e. The first kappa shape index (κ1) is 31.1. The second-order valence-electron chi connectivity index (χ2n) is 10.3. The molecule has 0 heterocycles. The Kier molecular flexibility index (Phi) is 10.9. The van der Waals surface area contributed by atoms with Gasteiger partial charge in [0, 0.05) is 18.7 Å². The lowest BCUT2D eigenvalue weighted by Gasteiger charge is -2.34. The molecule has 39 heavy (non-hydrogen) atoms. The van der Waals surface area contributed by atoms with Gasteiger partial charge in [-0.05, 0) is 83.4 Å². The van der Waals surface area contributed by atoms with Gasteiger partial charge in [0.1, 0.15) is 23.4 Å². The fourth-order valence-corrected chi connectivity index (χ4v) is 4.13. The highest BCUT2D eigenvalue weighted by Gasteiger charge is 2.36. The minimum absolute atomic E-state index is 0.0520. The average molecular weight is 541 g/mol. The van der Waals surface area contributed by atoms with Crippen LogP contribution in [-0.4, -0.2) is 54.0 Å². The number of nitrogens with zero attached hydrogens (tertiary/aromatic N) is 1. The first-order valence-corrected chi connectivity index (χ1v) is 12.9. The number of benzene rings is 2. The van der Waals surface area contributed by atoms with E-state index in [1.54, 1.807) is 59.1 Å². The molecule has 2 unspecified atom stereocenters. The maximum absolute atomic E-state index is 13.9. The maximum Gasteiger partial charge on any atom is 0.408 e. The summed E-state index contributed by atoms with van der Waals surface area (Å²) in [6.45, 7) is 10.8. The summed E-state index contributed by atoms with van der Waals surface area (Å²) >= 11 is 0. The van der Waals surface area contributed by atoms with Gasteiger partial charge < -0.3 is 30.7 Å². The summed E-state index contributed by atoms with van der Waals surface area (Å²) in [5.74, 6) is -0.965. The molecule has 0 radical (unpaired) electrons. The van der Waals surface area contributed by atoms with Gasteiger partial charge in [0.05, 0.1) is 7.11 Å². The van der Waals surface area contributed by atoms with Crippen LogP contribution in [0, 0.1) is 13.8 Å². The van der Waals surface area contributed by atoms with Crippen LogP contribution < -0.4 is 21.1 Å². The van der Waals surface area contributed by atoms with Gasteiger partial charge >= 0.3 is 6.09 Å². The number of alkyl carbamates (subject to hydrolysis) is 1. The molecule has 2 rings (SSSR count). The summed E-state index contributed by atoms with van der Waals surface area (Å²) in [6, 6.07) is 10.3. The van der Waals surface area contributed by atoms with Crippen LogP contribution in [0.5, 0.6) is 5.75 Å². The third kappa shape index (κ3) is 9.31. The maximum atomic E-state index is 13.9. The SMILES string of the molecule is CCN(C(=O)C(CCC(N)=O)NC(=O)OC(C)(C)C)C(C(=O)Nc1ccc(OC)cc1)c1ccc(C)cc1C. The van der Waals surface area contributed by atoms with Crippen LogP contribution in [0.15, 0.2) is 42.5 Å². The van der Waals surface area contributed by atoms with Crippen LogP contribution in [0.2, 0.25) is 0 Å². The Morgan fingerprint density at radius 3 is 2.18 bits per heavy atom. The van der Waals surface area contributed by atoms with Crippen molar-refractivity contribution in [3.8, 4) is 5.75 Å². The quantitative estimate of drug-likeness (QED) is 0.394. The molecule has 0 fully saturated rings. The Morgan fingerprint density at radius 1 is 1.03 bits per heavy atom. The second kappa shape index (κ2) is 13.6. The molecular weight excluding hydrogens is 500 g/mol. The van der Waals surface area contributed by atoms with E-state index in [1.807, 2.05) is 32.0 Å². The van der Waals surface area contributed by atoms with Crippen molar-refractivity contribution in [2.45, 2.75) is 72.1 Å². The van der Waals surface area contributed by atoms with Gasteiger partial charge in [-0.2, -0.15) is 0 Å². The van der Waals surface area contributed by atoms with Crippen LogP contribution >= 0.6 is 0 Å². The van der Waals surface area contributed by atoms with Gasteiger partial charge in [0.25, 0.3) is 5.91 Å². The smallest absolute Gasteiger partial charge is 0.408 e. The predicted octanol–water partition coefficient (Wildman–Crippen LogP) is 4.00. The molecule has 0 aliphatic heterocycles. The molecule has 2 aromatic rings. The lowest BCUT2D eigenvalue weighted by molar-refractivity contribution is -0.140. The van der Waals surface area contributed by atoms with Crippen molar-refractivity contribution in [3.05, 3.63) is 59.2 Å². The van der Waals surface area contributed by atoms with Crippen LogP contribution in [0.1, 0.15) is 63.3 Å². The van der Waals surface area contributed by atoms with Crippen molar-refractivity contribution in [1.82, 2.24) is 10.2 Å². The van der Waals surface area contributed by atoms with Crippen LogP contribution in [0.4, 0.5) is 10.5 Å². The molecule has 0 spiro atoms. The normalized spacial score (nSPS) is 12.6. The van der Waals surface area contributed by atoms with Crippen molar-refractivity contribution >= 4 is 29.5 Å². The van der Waals surface area contributed by atoms with Gasteiger partial charge in [0.15, 0.2) is 0 Å². The third-order valence-electron chi connectivity index (χ3n) is 5.93. The average Bonchev–Trinajstić information content (AvgIpc) is 2.84. The van der Waals surface area contributed by atoms with E-state index in [2.05, 4.69) is 10.6 Å². The van der Waals surface area contributed by atoms with Crippen LogP contribution in [0.3, 0.4) is 0 Å². The van der Waals surface area contributed by atoms with Crippen molar-refractivity contribution < 1.29 is 28.7 Å². The number of ether oxygens (including phenoxy) is 2. The molecule has 0 aromatic heterocycles. The Bertz CT molecular complexity index is 1170. The summed E-state index contributed by atoms with van der Waals surface area (Å²) in [4.78, 5) is 53.2. The van der Waals surface area contributed by atoms with E-state index in [-0.39, 0.29) is 19.4 Å². The lowest BCUT2D eigenvalue weighted by Crippen LogP contribution is -2.52. The Morgan fingerprint density at radius 2 is 1.67 bits per heavy atom. The third-order valence-corrected chi connectivity index (χ3v) is 5.93. The van der Waals surface area contributed by atoms with Gasteiger partial charge in [-0.3, -0.25) is 14.4 Å². The molecule has 10 nitrogen and oxygen atoms in total. The minimum atomic E-state index is -1.14. The number of methoxy groups -OCH3 is 1. The molecule has 0 saturated carbocycles. The second-order valence-corrected chi connectivity index (χ2v) is 10.3. The molecule has 212 valence electrons. The standard InChI is InChI=1S/C29H40N4O6/c1-8-33(27(36)23(15-16-24(30)34)32-28(37)39-29(4,5)6)25(22-14-9-18(2)17-19(22)3)26(35)31-20-10-12-21(38-7)13-11-20/h9-14,17,23,25H,8,15-16H2,1-7H3,(H2,30,34)(H,31,35)(H,32,37). The molecule has 4 amide bonds. The monoisotopic (exact) mass is 540 g/mol. The van der Waals surface area contributed by atoms with Crippen molar-refractivity contribution in [3.63, 3.8) is 0 Å². The largest absolute Gasteiger partial charge is 0.497 e. The highest BCUT2D eigenvalue weighted by Crippen LogP contribution is 2.28. The van der Waals surface area contributed by atoms with E-state index in [4.69, 9.17) is 15.2 Å². The summed E-state index contributed by atoms with van der Waals surface area (Å²) in [5.41, 5.74) is 7.53. The van der Waals surface area contributed by atoms with Gasteiger partial charge in [-0.1, -0.05) is 23.8 Å². The molecule has 0 aliphatic rings.